The highest BCUT2D eigenvalue weighted by atomic mass is 16.5. The molecule has 0 unspecified atom stereocenters. The lowest BCUT2D eigenvalue weighted by Crippen LogP contribution is -2.13. The third-order valence-electron chi connectivity index (χ3n) is 3.64. The van der Waals surface area contributed by atoms with Crippen LogP contribution in [0.2, 0.25) is 0 Å². The van der Waals surface area contributed by atoms with E-state index >= 15 is 0 Å². The van der Waals surface area contributed by atoms with Crippen LogP contribution in [0.5, 0.6) is 0 Å². The second-order valence-electron chi connectivity index (χ2n) is 6.35. The molecular weight excluding hydrogens is 224 g/mol. The predicted molar refractivity (Wildman–Crippen MR) is 77.4 cm³/mol. The molecule has 0 radical (unpaired) electrons. The number of hydrogen-bond acceptors (Lipinski definition) is 2. The van der Waals surface area contributed by atoms with Crippen molar-refractivity contribution in [2.24, 2.45) is 23.7 Å². The van der Waals surface area contributed by atoms with Gasteiger partial charge in [0.15, 0.2) is 0 Å². The van der Waals surface area contributed by atoms with Crippen LogP contribution in [-0.2, 0) is 9.53 Å². The lowest BCUT2D eigenvalue weighted by molar-refractivity contribution is -0.129. The maximum atomic E-state index is 10.1. The van der Waals surface area contributed by atoms with E-state index in [2.05, 4.69) is 34.6 Å². The third kappa shape index (κ3) is 9.49. The second kappa shape index (κ2) is 10.4. The SMILES string of the molecule is CCC[C@@H](C)C[C@@H](C)C[C@@H](C)C[C@@H](C)COC=O. The lowest BCUT2D eigenvalue weighted by Gasteiger charge is -2.22. The van der Waals surface area contributed by atoms with E-state index in [9.17, 15) is 4.79 Å². The van der Waals surface area contributed by atoms with Gasteiger partial charge < -0.3 is 4.74 Å². The Bertz CT molecular complexity index is 203. The number of ether oxygens (including phenoxy) is 1. The molecule has 2 nitrogen and oxygen atoms in total. The van der Waals surface area contributed by atoms with E-state index in [1.807, 2.05) is 0 Å². The summed E-state index contributed by atoms with van der Waals surface area (Å²) in [6, 6.07) is 0. The molecule has 0 N–H and O–H groups in total. The minimum Gasteiger partial charge on any atom is -0.468 e. The fourth-order valence-electron chi connectivity index (χ4n) is 3.14. The van der Waals surface area contributed by atoms with Gasteiger partial charge in [0.1, 0.15) is 0 Å². The summed E-state index contributed by atoms with van der Waals surface area (Å²) < 4.78 is 4.82. The standard InChI is InChI=1S/C16H32O2/c1-6-7-13(2)8-14(3)9-15(4)10-16(5)11-18-12-17/h12-16H,6-11H2,1-5H3/t13-,14-,15-,16-/m1/s1. The van der Waals surface area contributed by atoms with Gasteiger partial charge in [-0.05, 0) is 42.9 Å². The molecule has 0 aromatic carbocycles. The number of carbonyl (C=O) groups is 1. The van der Waals surface area contributed by atoms with Crippen LogP contribution in [0, 0.1) is 23.7 Å². The molecule has 0 aliphatic heterocycles. The monoisotopic (exact) mass is 256 g/mol. The summed E-state index contributed by atoms with van der Waals surface area (Å²) in [5, 5.41) is 0. The van der Waals surface area contributed by atoms with Crippen LogP contribution < -0.4 is 0 Å². The summed E-state index contributed by atoms with van der Waals surface area (Å²) in [5.41, 5.74) is 0. The summed E-state index contributed by atoms with van der Waals surface area (Å²) in [5.74, 6) is 2.86. The molecule has 0 saturated heterocycles. The molecule has 0 aliphatic rings. The minimum atomic E-state index is 0.477. The van der Waals surface area contributed by atoms with Crippen LogP contribution in [0.25, 0.3) is 0 Å². The Morgan fingerprint density at radius 2 is 1.39 bits per heavy atom. The largest absolute Gasteiger partial charge is 0.468 e. The maximum Gasteiger partial charge on any atom is 0.293 e. The highest BCUT2D eigenvalue weighted by Gasteiger charge is 2.14. The normalized spacial score (nSPS) is 17.8. The van der Waals surface area contributed by atoms with Crippen molar-refractivity contribution in [3.8, 4) is 0 Å². The first-order valence-electron chi connectivity index (χ1n) is 7.54. The summed E-state index contributed by atoms with van der Waals surface area (Å²) in [6.45, 7) is 12.6. The van der Waals surface area contributed by atoms with E-state index in [0.717, 1.165) is 24.2 Å². The topological polar surface area (TPSA) is 26.3 Å². The first-order valence-corrected chi connectivity index (χ1v) is 7.54. The van der Waals surface area contributed by atoms with Gasteiger partial charge in [0.25, 0.3) is 6.47 Å². The zero-order valence-corrected chi connectivity index (χ0v) is 12.9. The first-order chi connectivity index (χ1) is 8.49. The van der Waals surface area contributed by atoms with Crippen molar-refractivity contribution >= 4 is 6.47 Å². The molecule has 0 spiro atoms. The Kier molecular flexibility index (Phi) is 10.1. The quantitative estimate of drug-likeness (QED) is 0.502. The third-order valence-corrected chi connectivity index (χ3v) is 3.64. The Balaban J connectivity index is 3.78. The van der Waals surface area contributed by atoms with Gasteiger partial charge in [-0.2, -0.15) is 0 Å². The summed E-state index contributed by atoms with van der Waals surface area (Å²) in [4.78, 5) is 10.1. The van der Waals surface area contributed by atoms with Crippen molar-refractivity contribution in [2.45, 2.75) is 66.7 Å². The zero-order chi connectivity index (χ0) is 14.0. The van der Waals surface area contributed by atoms with Gasteiger partial charge in [-0.25, -0.2) is 0 Å². The molecule has 4 atom stereocenters. The molecule has 0 heterocycles. The van der Waals surface area contributed by atoms with Crippen LogP contribution in [0.3, 0.4) is 0 Å². The average Bonchev–Trinajstić information content (AvgIpc) is 2.25. The minimum absolute atomic E-state index is 0.477. The van der Waals surface area contributed by atoms with E-state index in [1.165, 1.54) is 25.7 Å². The zero-order valence-electron chi connectivity index (χ0n) is 12.9. The van der Waals surface area contributed by atoms with Crippen molar-refractivity contribution in [2.75, 3.05) is 6.61 Å². The number of hydrogen-bond donors (Lipinski definition) is 0. The van der Waals surface area contributed by atoms with Crippen molar-refractivity contribution in [3.63, 3.8) is 0 Å². The van der Waals surface area contributed by atoms with Crippen LogP contribution >= 0.6 is 0 Å². The Morgan fingerprint density at radius 1 is 0.889 bits per heavy atom. The van der Waals surface area contributed by atoms with Gasteiger partial charge in [-0.15, -0.1) is 0 Å². The number of carbonyl (C=O) groups excluding carboxylic acids is 1. The molecular formula is C16H32O2. The first kappa shape index (κ1) is 17.5. The van der Waals surface area contributed by atoms with E-state index in [0.29, 0.717) is 19.0 Å². The van der Waals surface area contributed by atoms with Gasteiger partial charge in [0, 0.05) is 0 Å². The highest BCUT2D eigenvalue weighted by Crippen LogP contribution is 2.25. The summed E-state index contributed by atoms with van der Waals surface area (Å²) >= 11 is 0. The maximum absolute atomic E-state index is 10.1. The van der Waals surface area contributed by atoms with Crippen molar-refractivity contribution in [1.29, 1.82) is 0 Å². The van der Waals surface area contributed by atoms with Crippen molar-refractivity contribution < 1.29 is 9.53 Å². The van der Waals surface area contributed by atoms with Crippen LogP contribution in [-0.4, -0.2) is 13.1 Å². The summed E-state index contributed by atoms with van der Waals surface area (Å²) in [7, 11) is 0. The molecule has 0 amide bonds. The highest BCUT2D eigenvalue weighted by molar-refractivity contribution is 5.36. The smallest absolute Gasteiger partial charge is 0.293 e. The van der Waals surface area contributed by atoms with Gasteiger partial charge >= 0.3 is 0 Å². The van der Waals surface area contributed by atoms with E-state index in [-0.39, 0.29) is 0 Å². The number of rotatable bonds is 11. The average molecular weight is 256 g/mol. The molecule has 2 heteroatoms. The molecule has 18 heavy (non-hydrogen) atoms. The second-order valence-corrected chi connectivity index (χ2v) is 6.35. The van der Waals surface area contributed by atoms with Crippen molar-refractivity contribution in [3.05, 3.63) is 0 Å². The fourth-order valence-corrected chi connectivity index (χ4v) is 3.14. The molecule has 108 valence electrons. The van der Waals surface area contributed by atoms with Gasteiger partial charge in [-0.1, -0.05) is 47.5 Å². The van der Waals surface area contributed by atoms with Gasteiger partial charge in [0.05, 0.1) is 6.61 Å². The predicted octanol–water partition coefficient (Wildman–Crippen LogP) is 4.67. The Labute approximate surface area is 113 Å². The van der Waals surface area contributed by atoms with Crippen molar-refractivity contribution in [1.82, 2.24) is 0 Å². The molecule has 0 aromatic heterocycles. The molecule has 0 bridgehead atoms. The van der Waals surface area contributed by atoms with Crippen LogP contribution in [0.4, 0.5) is 0 Å². The Hall–Kier alpha value is -0.530. The molecule has 0 fully saturated rings. The molecule has 0 aromatic rings. The lowest BCUT2D eigenvalue weighted by atomic mass is 9.85. The molecule has 0 rings (SSSR count). The van der Waals surface area contributed by atoms with Gasteiger partial charge in [-0.3, -0.25) is 4.79 Å². The summed E-state index contributed by atoms with van der Waals surface area (Å²) in [6.07, 6.45) is 6.43. The van der Waals surface area contributed by atoms with E-state index in [4.69, 9.17) is 4.74 Å². The van der Waals surface area contributed by atoms with Gasteiger partial charge in [0.2, 0.25) is 0 Å². The molecule has 0 aliphatic carbocycles. The van der Waals surface area contributed by atoms with Crippen LogP contribution in [0.1, 0.15) is 66.7 Å². The van der Waals surface area contributed by atoms with E-state index in [1.54, 1.807) is 0 Å². The molecule has 0 saturated carbocycles. The van der Waals surface area contributed by atoms with E-state index < -0.39 is 0 Å². The fraction of sp³-hybridized carbons (Fsp3) is 0.938. The van der Waals surface area contributed by atoms with Crippen LogP contribution in [0.15, 0.2) is 0 Å². The Morgan fingerprint density at radius 3 is 1.89 bits per heavy atom.